The molecule has 0 bridgehead atoms. The second-order valence-corrected chi connectivity index (χ2v) is 4.12. The molecule has 0 heterocycles. The number of hydrogen-bond acceptors (Lipinski definition) is 3. The number of hydrogen-bond donors (Lipinski definition) is 2. The first-order valence-corrected chi connectivity index (χ1v) is 5.76. The van der Waals surface area contributed by atoms with E-state index in [0.717, 1.165) is 39.0 Å². The van der Waals surface area contributed by atoms with Crippen LogP contribution in [0.4, 0.5) is 0 Å². The molecule has 1 saturated carbocycles. The lowest BCUT2D eigenvalue weighted by Gasteiger charge is -2.28. The zero-order valence-corrected chi connectivity index (χ0v) is 9.22. The Balaban J connectivity index is 2.08. The van der Waals surface area contributed by atoms with Crippen LogP contribution in [0.1, 0.15) is 39.0 Å². The SMILES string of the molecule is CCOCCCNC1(CO)CCCC1. The van der Waals surface area contributed by atoms with E-state index in [-0.39, 0.29) is 12.1 Å². The van der Waals surface area contributed by atoms with Gasteiger partial charge >= 0.3 is 0 Å². The van der Waals surface area contributed by atoms with Gasteiger partial charge in [0.25, 0.3) is 0 Å². The lowest BCUT2D eigenvalue weighted by molar-refractivity contribution is 0.132. The molecule has 1 aliphatic carbocycles. The van der Waals surface area contributed by atoms with Crippen LogP contribution in [0, 0.1) is 0 Å². The van der Waals surface area contributed by atoms with Gasteiger partial charge in [-0.05, 0) is 32.7 Å². The van der Waals surface area contributed by atoms with Crippen LogP contribution >= 0.6 is 0 Å². The Bertz CT molecular complexity index is 144. The summed E-state index contributed by atoms with van der Waals surface area (Å²) in [5.41, 5.74) is 0.0339. The average molecular weight is 201 g/mol. The molecule has 1 rings (SSSR count). The molecule has 0 unspecified atom stereocenters. The van der Waals surface area contributed by atoms with Gasteiger partial charge in [0, 0.05) is 18.8 Å². The zero-order chi connectivity index (χ0) is 10.3. The second kappa shape index (κ2) is 6.38. The molecule has 3 nitrogen and oxygen atoms in total. The topological polar surface area (TPSA) is 41.5 Å². The third kappa shape index (κ3) is 3.56. The van der Waals surface area contributed by atoms with Crippen LogP contribution in [0.5, 0.6) is 0 Å². The molecule has 0 aromatic heterocycles. The van der Waals surface area contributed by atoms with Crippen molar-refractivity contribution in [2.45, 2.75) is 44.6 Å². The number of nitrogens with one attached hydrogen (secondary N) is 1. The summed E-state index contributed by atoms with van der Waals surface area (Å²) < 4.78 is 5.26. The van der Waals surface area contributed by atoms with E-state index in [1.165, 1.54) is 12.8 Å². The zero-order valence-electron chi connectivity index (χ0n) is 9.22. The number of ether oxygens (including phenoxy) is 1. The summed E-state index contributed by atoms with van der Waals surface area (Å²) in [6.07, 6.45) is 5.78. The van der Waals surface area contributed by atoms with Crippen LogP contribution in [0.15, 0.2) is 0 Å². The summed E-state index contributed by atoms with van der Waals surface area (Å²) in [5.74, 6) is 0. The predicted octanol–water partition coefficient (Wildman–Crippen LogP) is 1.31. The van der Waals surface area contributed by atoms with E-state index < -0.39 is 0 Å². The monoisotopic (exact) mass is 201 g/mol. The van der Waals surface area contributed by atoms with Crippen molar-refractivity contribution in [3.63, 3.8) is 0 Å². The van der Waals surface area contributed by atoms with Crippen LogP contribution in [0.2, 0.25) is 0 Å². The average Bonchev–Trinajstić information content (AvgIpc) is 2.67. The van der Waals surface area contributed by atoms with Crippen LogP contribution in [-0.4, -0.2) is 37.0 Å². The molecule has 0 saturated heterocycles. The van der Waals surface area contributed by atoms with E-state index in [0.29, 0.717) is 0 Å². The van der Waals surface area contributed by atoms with E-state index in [9.17, 15) is 5.11 Å². The Morgan fingerprint density at radius 3 is 2.64 bits per heavy atom. The molecule has 14 heavy (non-hydrogen) atoms. The highest BCUT2D eigenvalue weighted by Gasteiger charge is 2.31. The molecular formula is C11H23NO2. The van der Waals surface area contributed by atoms with E-state index in [2.05, 4.69) is 5.32 Å². The second-order valence-electron chi connectivity index (χ2n) is 4.12. The fourth-order valence-electron chi connectivity index (χ4n) is 2.11. The van der Waals surface area contributed by atoms with E-state index in [1.54, 1.807) is 0 Å². The normalized spacial score (nSPS) is 20.1. The first-order valence-electron chi connectivity index (χ1n) is 5.76. The van der Waals surface area contributed by atoms with Crippen molar-refractivity contribution in [3.8, 4) is 0 Å². The van der Waals surface area contributed by atoms with Crippen molar-refractivity contribution in [1.82, 2.24) is 5.32 Å². The molecule has 84 valence electrons. The van der Waals surface area contributed by atoms with Gasteiger partial charge in [0.2, 0.25) is 0 Å². The molecule has 0 aromatic carbocycles. The lowest BCUT2D eigenvalue weighted by Crippen LogP contribution is -2.46. The molecular weight excluding hydrogens is 178 g/mol. The number of aliphatic hydroxyl groups excluding tert-OH is 1. The van der Waals surface area contributed by atoms with E-state index >= 15 is 0 Å². The fraction of sp³-hybridized carbons (Fsp3) is 1.00. The largest absolute Gasteiger partial charge is 0.394 e. The standard InChI is InChI=1S/C11H23NO2/c1-2-14-9-5-8-12-11(10-13)6-3-4-7-11/h12-13H,2-10H2,1H3. The highest BCUT2D eigenvalue weighted by molar-refractivity contribution is 4.91. The summed E-state index contributed by atoms with van der Waals surface area (Å²) in [5, 5.41) is 12.8. The molecule has 0 aliphatic heterocycles. The Kier molecular flexibility index (Phi) is 5.45. The van der Waals surface area contributed by atoms with E-state index in [4.69, 9.17) is 4.74 Å². The maximum atomic E-state index is 9.33. The van der Waals surface area contributed by atoms with Gasteiger partial charge in [0.15, 0.2) is 0 Å². The van der Waals surface area contributed by atoms with Crippen molar-refractivity contribution in [1.29, 1.82) is 0 Å². The quantitative estimate of drug-likeness (QED) is 0.610. The summed E-state index contributed by atoms with van der Waals surface area (Å²) in [6.45, 7) is 4.87. The number of rotatable bonds is 7. The minimum Gasteiger partial charge on any atom is -0.394 e. The molecule has 0 spiro atoms. The minimum absolute atomic E-state index is 0.0339. The Morgan fingerprint density at radius 1 is 1.36 bits per heavy atom. The van der Waals surface area contributed by atoms with Crippen molar-refractivity contribution in [2.24, 2.45) is 0 Å². The van der Waals surface area contributed by atoms with Gasteiger partial charge in [-0.15, -0.1) is 0 Å². The molecule has 0 radical (unpaired) electrons. The van der Waals surface area contributed by atoms with Gasteiger partial charge in [-0.3, -0.25) is 0 Å². The van der Waals surface area contributed by atoms with Crippen molar-refractivity contribution in [3.05, 3.63) is 0 Å². The maximum absolute atomic E-state index is 9.33. The van der Waals surface area contributed by atoms with Gasteiger partial charge in [-0.1, -0.05) is 12.8 Å². The van der Waals surface area contributed by atoms with Gasteiger partial charge in [-0.25, -0.2) is 0 Å². The molecule has 1 aliphatic rings. The Hall–Kier alpha value is -0.120. The first-order chi connectivity index (χ1) is 6.83. The van der Waals surface area contributed by atoms with Crippen LogP contribution in [-0.2, 0) is 4.74 Å². The Morgan fingerprint density at radius 2 is 2.07 bits per heavy atom. The fourth-order valence-corrected chi connectivity index (χ4v) is 2.11. The molecule has 1 fully saturated rings. The van der Waals surface area contributed by atoms with Crippen LogP contribution < -0.4 is 5.32 Å². The van der Waals surface area contributed by atoms with Gasteiger partial charge in [0.1, 0.15) is 0 Å². The lowest BCUT2D eigenvalue weighted by atomic mass is 9.99. The molecule has 0 aromatic rings. The smallest absolute Gasteiger partial charge is 0.0613 e. The minimum atomic E-state index is 0.0339. The van der Waals surface area contributed by atoms with Gasteiger partial charge in [-0.2, -0.15) is 0 Å². The Labute approximate surface area is 86.8 Å². The molecule has 0 amide bonds. The van der Waals surface area contributed by atoms with Gasteiger partial charge < -0.3 is 15.2 Å². The van der Waals surface area contributed by atoms with Crippen molar-refractivity contribution in [2.75, 3.05) is 26.4 Å². The highest BCUT2D eigenvalue weighted by Crippen LogP contribution is 2.28. The summed E-state index contributed by atoms with van der Waals surface area (Å²) >= 11 is 0. The summed E-state index contributed by atoms with van der Waals surface area (Å²) in [6, 6.07) is 0. The number of aliphatic hydroxyl groups is 1. The van der Waals surface area contributed by atoms with E-state index in [1.807, 2.05) is 6.92 Å². The first kappa shape index (κ1) is 12.0. The molecule has 0 atom stereocenters. The third-order valence-electron chi connectivity index (χ3n) is 3.03. The summed E-state index contributed by atoms with van der Waals surface area (Å²) in [4.78, 5) is 0. The third-order valence-corrected chi connectivity index (χ3v) is 3.03. The summed E-state index contributed by atoms with van der Waals surface area (Å²) in [7, 11) is 0. The van der Waals surface area contributed by atoms with Gasteiger partial charge in [0.05, 0.1) is 6.61 Å². The molecule has 3 heteroatoms. The predicted molar refractivity (Wildman–Crippen MR) is 57.4 cm³/mol. The van der Waals surface area contributed by atoms with Crippen LogP contribution in [0.3, 0.4) is 0 Å². The highest BCUT2D eigenvalue weighted by atomic mass is 16.5. The van der Waals surface area contributed by atoms with Crippen molar-refractivity contribution < 1.29 is 9.84 Å². The molecule has 2 N–H and O–H groups in total. The van der Waals surface area contributed by atoms with Crippen molar-refractivity contribution >= 4 is 0 Å². The van der Waals surface area contributed by atoms with Crippen LogP contribution in [0.25, 0.3) is 0 Å². The maximum Gasteiger partial charge on any atom is 0.0613 e.